The fraction of sp³-hybridized carbons (Fsp3) is 0.357. The molecular formula is C28H34N2O3. The second-order valence-corrected chi connectivity index (χ2v) is 8.43. The van der Waals surface area contributed by atoms with Crippen LogP contribution in [-0.2, 0) is 16.1 Å². The Bertz CT molecular complexity index is 978. The molecule has 1 unspecified atom stereocenters. The van der Waals surface area contributed by atoms with Crippen LogP contribution in [0.4, 0.5) is 4.79 Å². The lowest BCUT2D eigenvalue weighted by atomic mass is 9.94. The lowest BCUT2D eigenvalue weighted by molar-refractivity contribution is -0.126. The zero-order chi connectivity index (χ0) is 23.6. The van der Waals surface area contributed by atoms with Crippen molar-refractivity contribution in [2.45, 2.75) is 64.6 Å². The molecule has 1 aliphatic rings. The van der Waals surface area contributed by atoms with Gasteiger partial charge in [0.25, 0.3) is 0 Å². The van der Waals surface area contributed by atoms with Gasteiger partial charge in [0.15, 0.2) is 0 Å². The van der Waals surface area contributed by atoms with Gasteiger partial charge in [-0.15, -0.1) is 0 Å². The van der Waals surface area contributed by atoms with E-state index in [1.807, 2.05) is 68.4 Å². The molecule has 0 saturated heterocycles. The number of amides is 2. The molecule has 0 aromatic heterocycles. The van der Waals surface area contributed by atoms with Crippen molar-refractivity contribution in [3.63, 3.8) is 0 Å². The van der Waals surface area contributed by atoms with Crippen LogP contribution in [0.3, 0.4) is 0 Å². The summed E-state index contributed by atoms with van der Waals surface area (Å²) in [7, 11) is 0. The molecule has 0 radical (unpaired) electrons. The summed E-state index contributed by atoms with van der Waals surface area (Å²) in [4.78, 5) is 28.6. The van der Waals surface area contributed by atoms with Gasteiger partial charge in [0, 0.05) is 11.7 Å². The van der Waals surface area contributed by atoms with Gasteiger partial charge in [-0.2, -0.15) is 0 Å². The van der Waals surface area contributed by atoms with Crippen molar-refractivity contribution >= 4 is 12.0 Å². The zero-order valence-corrected chi connectivity index (χ0v) is 19.6. The Morgan fingerprint density at radius 2 is 1.76 bits per heavy atom. The Kier molecular flexibility index (Phi) is 8.87. The van der Waals surface area contributed by atoms with E-state index in [9.17, 15) is 9.59 Å². The third kappa shape index (κ3) is 6.35. The first-order chi connectivity index (χ1) is 16.0. The van der Waals surface area contributed by atoms with Crippen molar-refractivity contribution in [3.8, 4) is 0 Å². The highest BCUT2D eigenvalue weighted by atomic mass is 16.6. The summed E-state index contributed by atoms with van der Waals surface area (Å²) in [6.45, 7) is 7.77. The van der Waals surface area contributed by atoms with E-state index in [0.717, 1.165) is 42.4 Å². The molecule has 2 aromatic rings. The van der Waals surface area contributed by atoms with Crippen LogP contribution in [0.1, 0.15) is 61.8 Å². The van der Waals surface area contributed by atoms with Crippen LogP contribution in [-0.4, -0.2) is 22.9 Å². The van der Waals surface area contributed by atoms with Crippen molar-refractivity contribution in [1.82, 2.24) is 10.2 Å². The third-order valence-electron chi connectivity index (χ3n) is 6.13. The number of carbonyl (C=O) groups is 2. The first kappa shape index (κ1) is 24.3. The minimum absolute atomic E-state index is 0.120. The topological polar surface area (TPSA) is 58.6 Å². The molecule has 1 fully saturated rings. The second-order valence-electron chi connectivity index (χ2n) is 8.43. The molecule has 174 valence electrons. The summed E-state index contributed by atoms with van der Waals surface area (Å²) < 4.78 is 5.68. The predicted molar refractivity (Wildman–Crippen MR) is 131 cm³/mol. The van der Waals surface area contributed by atoms with E-state index in [4.69, 9.17) is 4.74 Å². The number of benzene rings is 2. The number of nitrogens with zero attached hydrogens (tertiary/aromatic N) is 1. The highest BCUT2D eigenvalue weighted by Crippen LogP contribution is 2.30. The molecule has 1 aliphatic carbocycles. The maximum absolute atomic E-state index is 13.7. The molecule has 33 heavy (non-hydrogen) atoms. The molecule has 5 heteroatoms. The average molecular weight is 447 g/mol. The monoisotopic (exact) mass is 446 g/mol. The van der Waals surface area contributed by atoms with Crippen molar-refractivity contribution in [3.05, 3.63) is 95.7 Å². The van der Waals surface area contributed by atoms with Crippen molar-refractivity contribution in [2.75, 3.05) is 0 Å². The van der Waals surface area contributed by atoms with E-state index >= 15 is 0 Å². The minimum atomic E-state index is -0.861. The first-order valence-corrected chi connectivity index (χ1v) is 11.7. The number of hydrogen-bond acceptors (Lipinski definition) is 3. The molecule has 1 atom stereocenters. The first-order valence-electron chi connectivity index (χ1n) is 11.7. The third-order valence-corrected chi connectivity index (χ3v) is 6.13. The van der Waals surface area contributed by atoms with E-state index < -0.39 is 12.1 Å². The summed E-state index contributed by atoms with van der Waals surface area (Å²) in [5, 5.41) is 3.21. The van der Waals surface area contributed by atoms with Gasteiger partial charge >= 0.3 is 6.09 Å². The highest BCUT2D eigenvalue weighted by Gasteiger charge is 2.36. The number of aryl methyl sites for hydroxylation is 1. The molecule has 0 bridgehead atoms. The SMILES string of the molecule is C=CC(=CC)N(C(=O)OCc1ccccc1)C(C(=O)NC1CCCCC1)c1ccccc1C. The van der Waals surface area contributed by atoms with Gasteiger partial charge < -0.3 is 10.1 Å². The Hall–Kier alpha value is -3.34. The molecular weight excluding hydrogens is 412 g/mol. The molecule has 0 aliphatic heterocycles. The van der Waals surface area contributed by atoms with Crippen LogP contribution in [0.15, 0.2) is 79.0 Å². The van der Waals surface area contributed by atoms with Gasteiger partial charge in [-0.25, -0.2) is 4.79 Å². The molecule has 1 N–H and O–H groups in total. The smallest absolute Gasteiger partial charge is 0.415 e. The minimum Gasteiger partial charge on any atom is -0.444 e. The highest BCUT2D eigenvalue weighted by molar-refractivity contribution is 5.88. The Morgan fingerprint density at radius 3 is 2.39 bits per heavy atom. The summed E-state index contributed by atoms with van der Waals surface area (Å²) in [6, 6.07) is 16.4. The normalized spacial score (nSPS) is 15.4. The summed E-state index contributed by atoms with van der Waals surface area (Å²) >= 11 is 0. The quantitative estimate of drug-likeness (QED) is 0.490. The summed E-state index contributed by atoms with van der Waals surface area (Å²) in [5.41, 5.74) is 3.11. The zero-order valence-electron chi connectivity index (χ0n) is 19.6. The van der Waals surface area contributed by atoms with Gasteiger partial charge in [0.1, 0.15) is 12.6 Å². The van der Waals surface area contributed by atoms with Crippen molar-refractivity contribution in [2.24, 2.45) is 0 Å². The van der Waals surface area contributed by atoms with Gasteiger partial charge in [-0.3, -0.25) is 9.69 Å². The van der Waals surface area contributed by atoms with E-state index in [1.54, 1.807) is 12.2 Å². The summed E-state index contributed by atoms with van der Waals surface area (Å²) in [5.74, 6) is -0.200. The van der Waals surface area contributed by atoms with Crippen LogP contribution in [0, 0.1) is 6.92 Å². The van der Waals surface area contributed by atoms with Crippen LogP contribution in [0.5, 0.6) is 0 Å². The standard InChI is InChI=1S/C28H34N2O3/c1-4-24(5-2)30(28(32)33-20-22-15-8-6-9-16-22)26(25-19-13-12-14-21(25)3)27(31)29-23-17-10-7-11-18-23/h4-6,8-9,12-16,19,23,26H,1,7,10-11,17-18,20H2,2-3H3,(H,29,31). The van der Waals surface area contributed by atoms with Crippen LogP contribution in [0.2, 0.25) is 0 Å². The number of nitrogens with one attached hydrogen (secondary N) is 1. The summed E-state index contributed by atoms with van der Waals surface area (Å²) in [6.07, 6.45) is 8.11. The molecule has 2 aromatic carbocycles. The van der Waals surface area contributed by atoms with Crippen molar-refractivity contribution in [1.29, 1.82) is 0 Å². The van der Waals surface area contributed by atoms with Crippen LogP contribution >= 0.6 is 0 Å². The van der Waals surface area contributed by atoms with Crippen LogP contribution < -0.4 is 5.32 Å². The molecule has 0 heterocycles. The fourth-order valence-electron chi connectivity index (χ4n) is 4.32. The maximum Gasteiger partial charge on any atom is 0.415 e. The van der Waals surface area contributed by atoms with Crippen molar-refractivity contribution < 1.29 is 14.3 Å². The van der Waals surface area contributed by atoms with Gasteiger partial charge in [0.05, 0.1) is 0 Å². The van der Waals surface area contributed by atoms with E-state index in [0.29, 0.717) is 5.70 Å². The number of ether oxygens (including phenoxy) is 1. The Morgan fingerprint density at radius 1 is 1.09 bits per heavy atom. The lowest BCUT2D eigenvalue weighted by Gasteiger charge is -2.34. The maximum atomic E-state index is 13.7. The Balaban J connectivity index is 1.95. The van der Waals surface area contributed by atoms with Crippen LogP contribution in [0.25, 0.3) is 0 Å². The molecule has 3 rings (SSSR count). The predicted octanol–water partition coefficient (Wildman–Crippen LogP) is 6.21. The molecule has 5 nitrogen and oxygen atoms in total. The molecule has 1 saturated carbocycles. The number of rotatable bonds is 8. The largest absolute Gasteiger partial charge is 0.444 e. The molecule has 2 amide bonds. The van der Waals surface area contributed by atoms with Gasteiger partial charge in [0.2, 0.25) is 5.91 Å². The van der Waals surface area contributed by atoms with E-state index in [1.165, 1.54) is 11.3 Å². The Labute approximate surface area is 197 Å². The number of allylic oxidation sites excluding steroid dienone is 2. The van der Waals surface area contributed by atoms with E-state index in [2.05, 4.69) is 11.9 Å². The molecule has 0 spiro atoms. The number of carbonyl (C=O) groups excluding carboxylic acids is 2. The fourth-order valence-corrected chi connectivity index (χ4v) is 4.32. The van der Waals surface area contributed by atoms with Gasteiger partial charge in [-0.05, 0) is 49.5 Å². The second kappa shape index (κ2) is 12.0. The lowest BCUT2D eigenvalue weighted by Crippen LogP contribution is -2.46. The number of hydrogen-bond donors (Lipinski definition) is 1. The average Bonchev–Trinajstić information content (AvgIpc) is 2.85. The van der Waals surface area contributed by atoms with E-state index in [-0.39, 0.29) is 18.6 Å². The van der Waals surface area contributed by atoms with Gasteiger partial charge in [-0.1, -0.05) is 86.5 Å².